The summed E-state index contributed by atoms with van der Waals surface area (Å²) in [5.41, 5.74) is 2.94. The number of hydrazone groups is 1. The molecule has 1 atom stereocenters. The number of halogens is 2. The molecule has 10 heteroatoms. The fraction of sp³-hybridized carbons (Fsp3) is 0.457. The third-order valence-electron chi connectivity index (χ3n) is 5.59. The number of nitrogens with two attached hydrogens (primary N) is 1. The predicted octanol–water partition coefficient (Wildman–Crippen LogP) is 6.79. The van der Waals surface area contributed by atoms with Crippen LogP contribution in [0.25, 0.3) is 0 Å². The normalized spacial score (nSPS) is 13.4. The van der Waals surface area contributed by atoms with Gasteiger partial charge in [-0.05, 0) is 65.7 Å². The van der Waals surface area contributed by atoms with E-state index in [1.807, 2.05) is 39.0 Å². The second kappa shape index (κ2) is 33.0. The highest BCUT2D eigenvalue weighted by atomic mass is 32.2. The van der Waals surface area contributed by atoms with Crippen LogP contribution in [0.1, 0.15) is 73.1 Å². The van der Waals surface area contributed by atoms with E-state index in [0.717, 1.165) is 24.5 Å². The number of thioether (sulfide) groups is 1. The van der Waals surface area contributed by atoms with Crippen molar-refractivity contribution in [2.24, 2.45) is 10.9 Å². The van der Waals surface area contributed by atoms with Crippen molar-refractivity contribution in [1.82, 2.24) is 16.0 Å². The van der Waals surface area contributed by atoms with Crippen molar-refractivity contribution in [3.05, 3.63) is 71.2 Å². The number of nitrogens with one attached hydrogen (secondary N) is 3. The largest absolute Gasteiger partial charge is 0.353 e. The van der Waals surface area contributed by atoms with Crippen molar-refractivity contribution >= 4 is 28.7 Å². The monoisotopic (exact) mass is 645 g/mol. The van der Waals surface area contributed by atoms with Crippen molar-refractivity contribution < 1.29 is 18.4 Å². The number of alkyl halides is 1. The molecular formula is C35H53F2N5O2S. The summed E-state index contributed by atoms with van der Waals surface area (Å²) in [7, 11) is 0. The Morgan fingerprint density at radius 1 is 1.00 bits per heavy atom. The quantitative estimate of drug-likeness (QED) is 0.0235. The van der Waals surface area contributed by atoms with Gasteiger partial charge < -0.3 is 21.8 Å². The van der Waals surface area contributed by atoms with Crippen molar-refractivity contribution in [2.75, 3.05) is 25.5 Å². The fourth-order valence-corrected chi connectivity index (χ4v) is 4.18. The SMILES string of the molecule is C#C.C#C.C/C=C\C=C(/C)CS/C(=N\N)NC(=O)CCC(=O)NC(CCNC/C(C)=C/C=C\CCC)C/C(C)=C/C(F)=C\CF. The molecule has 0 aromatic heterocycles. The maximum atomic E-state index is 13.8. The first kappa shape index (κ1) is 45.6. The first-order chi connectivity index (χ1) is 21.6. The highest BCUT2D eigenvalue weighted by Gasteiger charge is 2.15. The molecule has 0 aliphatic heterocycles. The number of amidine groups is 1. The van der Waals surface area contributed by atoms with Crippen molar-refractivity contribution in [1.29, 1.82) is 0 Å². The average molecular weight is 646 g/mol. The van der Waals surface area contributed by atoms with Gasteiger partial charge in [-0.15, -0.1) is 25.7 Å². The molecule has 0 saturated carbocycles. The number of carbonyl (C=O) groups excluding carboxylic acids is 2. The summed E-state index contributed by atoms with van der Waals surface area (Å²) in [6.07, 6.45) is 33.3. The Kier molecular flexibility index (Phi) is 33.5. The molecule has 0 radical (unpaired) electrons. The van der Waals surface area contributed by atoms with E-state index in [-0.39, 0.29) is 35.9 Å². The number of carbonyl (C=O) groups is 2. The van der Waals surface area contributed by atoms with Crippen molar-refractivity contribution in [3.8, 4) is 25.7 Å². The molecule has 1 unspecified atom stereocenters. The minimum absolute atomic E-state index is 0.0245. The molecule has 0 fully saturated rings. The zero-order chi connectivity index (χ0) is 34.9. The molecule has 0 bridgehead atoms. The first-order valence-electron chi connectivity index (χ1n) is 14.7. The summed E-state index contributed by atoms with van der Waals surface area (Å²) in [4.78, 5) is 25.1. The number of allylic oxidation sites excluding steroid dienone is 9. The molecule has 0 aromatic carbocycles. The van der Waals surface area contributed by atoms with Crippen LogP contribution in [0.5, 0.6) is 0 Å². The van der Waals surface area contributed by atoms with E-state index in [0.29, 0.717) is 37.3 Å². The Bertz CT molecular complexity index is 1080. The third-order valence-corrected chi connectivity index (χ3v) is 6.67. The lowest BCUT2D eigenvalue weighted by Crippen LogP contribution is -2.38. The molecule has 7 nitrogen and oxygen atoms in total. The van der Waals surface area contributed by atoms with Gasteiger partial charge in [0.05, 0.1) is 0 Å². The van der Waals surface area contributed by atoms with Gasteiger partial charge in [0.1, 0.15) is 12.5 Å². The lowest BCUT2D eigenvalue weighted by molar-refractivity contribution is -0.126. The fourth-order valence-electron chi connectivity index (χ4n) is 3.46. The molecule has 0 heterocycles. The van der Waals surface area contributed by atoms with Crippen molar-refractivity contribution in [3.63, 3.8) is 0 Å². The summed E-state index contributed by atoms with van der Waals surface area (Å²) in [5.74, 6) is 4.71. The number of hydrogen-bond acceptors (Lipinski definition) is 6. The molecule has 45 heavy (non-hydrogen) atoms. The molecule has 2 amide bonds. The minimum Gasteiger partial charge on any atom is -0.353 e. The highest BCUT2D eigenvalue weighted by Crippen LogP contribution is 2.13. The number of unbranched alkanes of at least 4 members (excludes halogenated alkanes) is 1. The van der Waals surface area contributed by atoms with E-state index in [1.165, 1.54) is 23.4 Å². The van der Waals surface area contributed by atoms with Gasteiger partial charge in [0, 0.05) is 31.2 Å². The minimum atomic E-state index is -0.885. The van der Waals surface area contributed by atoms with Crippen molar-refractivity contribution in [2.45, 2.75) is 79.2 Å². The molecule has 5 N–H and O–H groups in total. The number of terminal acetylenes is 2. The molecular weight excluding hydrogens is 592 g/mol. The smallest absolute Gasteiger partial charge is 0.226 e. The molecule has 0 aromatic rings. The molecule has 0 saturated heterocycles. The standard InChI is InChI=1S/C31H49F2N5O2S.2C2H2/c1-6-8-10-11-13-24(3)22-35-19-17-28(21-26(5)20-27(33)16-18-32)36-29(39)14-15-30(40)37-31(38-34)41-23-25(4)12-9-7-2;2*1-2/h7,9-13,16,20,28,35H,6,8,14-15,17-19,21-23,34H2,1-5H3,(H,36,39)(H,37,38,40);2*1-2H/b9-7-,11-10-,24-13+,25-12+,26-20+,27-16+;;. The number of hydrogen-bond donors (Lipinski definition) is 4. The highest BCUT2D eigenvalue weighted by molar-refractivity contribution is 8.14. The van der Waals surface area contributed by atoms with Gasteiger partial charge in [0.15, 0.2) is 5.17 Å². The van der Waals surface area contributed by atoms with Crippen LogP contribution in [0.2, 0.25) is 0 Å². The Hall–Kier alpha value is -3.86. The maximum Gasteiger partial charge on any atom is 0.226 e. The number of amides is 2. The van der Waals surface area contributed by atoms with Gasteiger partial charge in [-0.1, -0.05) is 78.3 Å². The van der Waals surface area contributed by atoms with Crippen LogP contribution in [0.3, 0.4) is 0 Å². The average Bonchev–Trinajstić information content (AvgIpc) is 3.03. The molecule has 0 aliphatic rings. The molecule has 250 valence electrons. The lowest BCUT2D eigenvalue weighted by atomic mass is 10.0. The lowest BCUT2D eigenvalue weighted by Gasteiger charge is -2.20. The zero-order valence-electron chi connectivity index (χ0n) is 27.6. The van der Waals surface area contributed by atoms with E-state index in [4.69, 9.17) is 5.84 Å². The van der Waals surface area contributed by atoms with Crippen LogP contribution in [0.4, 0.5) is 8.78 Å². The second-order valence-electron chi connectivity index (χ2n) is 9.71. The first-order valence-corrected chi connectivity index (χ1v) is 15.7. The summed E-state index contributed by atoms with van der Waals surface area (Å²) >= 11 is 1.30. The number of nitrogens with zero attached hydrogens (tertiary/aromatic N) is 1. The van der Waals surface area contributed by atoms with E-state index in [1.54, 1.807) is 6.92 Å². The van der Waals surface area contributed by atoms with E-state index in [9.17, 15) is 18.4 Å². The van der Waals surface area contributed by atoms with Gasteiger partial charge in [-0.25, -0.2) is 8.78 Å². The summed E-state index contributed by atoms with van der Waals surface area (Å²) in [6, 6.07) is -0.287. The summed E-state index contributed by atoms with van der Waals surface area (Å²) < 4.78 is 26.2. The summed E-state index contributed by atoms with van der Waals surface area (Å²) in [6.45, 7) is 10.2. The predicted molar refractivity (Wildman–Crippen MR) is 191 cm³/mol. The van der Waals surface area contributed by atoms with Gasteiger partial charge in [-0.2, -0.15) is 5.10 Å². The Morgan fingerprint density at radius 3 is 2.24 bits per heavy atom. The van der Waals surface area contributed by atoms with E-state index < -0.39 is 12.5 Å². The third kappa shape index (κ3) is 30.0. The van der Waals surface area contributed by atoms with Gasteiger partial charge >= 0.3 is 0 Å². The van der Waals surface area contributed by atoms with Gasteiger partial charge in [0.2, 0.25) is 11.8 Å². The maximum absolute atomic E-state index is 13.8. The molecule has 0 rings (SSSR count). The van der Waals surface area contributed by atoms with E-state index >= 15 is 0 Å². The van der Waals surface area contributed by atoms with Gasteiger partial charge in [0.25, 0.3) is 0 Å². The molecule has 0 spiro atoms. The molecule has 0 aliphatic carbocycles. The number of rotatable bonds is 19. The Labute approximate surface area is 275 Å². The van der Waals surface area contributed by atoms with Crippen LogP contribution in [-0.4, -0.2) is 48.5 Å². The van der Waals surface area contributed by atoms with Gasteiger partial charge in [-0.3, -0.25) is 9.59 Å². The van der Waals surface area contributed by atoms with E-state index in [2.05, 4.69) is 71.9 Å². The Balaban J connectivity index is -0.00000422. The van der Waals surface area contributed by atoms with Crippen LogP contribution >= 0.6 is 11.8 Å². The van der Waals surface area contributed by atoms with Crippen LogP contribution in [0.15, 0.2) is 76.3 Å². The summed E-state index contributed by atoms with van der Waals surface area (Å²) in [5, 5.41) is 12.9. The zero-order valence-corrected chi connectivity index (χ0v) is 28.4. The Morgan fingerprint density at radius 2 is 1.64 bits per heavy atom. The van der Waals surface area contributed by atoms with Crippen LogP contribution in [0, 0.1) is 25.7 Å². The second-order valence-corrected chi connectivity index (χ2v) is 10.7. The topological polar surface area (TPSA) is 109 Å². The van der Waals surface area contributed by atoms with Crippen LogP contribution in [-0.2, 0) is 9.59 Å². The van der Waals surface area contributed by atoms with Crippen LogP contribution < -0.4 is 21.8 Å².